The molecule has 11 heteroatoms. The quantitative estimate of drug-likeness (QED) is 0.363. The Bertz CT molecular complexity index is 1130. The van der Waals surface area contributed by atoms with Gasteiger partial charge in [-0.3, -0.25) is 0 Å². The maximum atomic E-state index is 13.1. The predicted molar refractivity (Wildman–Crippen MR) is 117 cm³/mol. The van der Waals surface area contributed by atoms with Gasteiger partial charge >= 0.3 is 12.1 Å². The van der Waals surface area contributed by atoms with E-state index in [1.54, 1.807) is 12.1 Å². The highest BCUT2D eigenvalue weighted by Crippen LogP contribution is 2.34. The number of ether oxygens (including phenoxy) is 1. The molecular weight excluding hydrogens is 444 g/mol. The smallest absolute Gasteiger partial charge is 0.410 e. The highest BCUT2D eigenvalue weighted by atomic mass is 32.2. The molecule has 0 aliphatic carbocycles. The van der Waals surface area contributed by atoms with Gasteiger partial charge in [-0.1, -0.05) is 36.9 Å². The van der Waals surface area contributed by atoms with Crippen molar-refractivity contribution in [1.29, 1.82) is 0 Å². The van der Waals surface area contributed by atoms with Crippen molar-refractivity contribution in [3.63, 3.8) is 0 Å². The van der Waals surface area contributed by atoms with Crippen molar-refractivity contribution >= 4 is 45.5 Å². The zero-order valence-corrected chi connectivity index (χ0v) is 18.1. The van der Waals surface area contributed by atoms with Crippen molar-refractivity contribution in [2.24, 2.45) is 0 Å². The van der Waals surface area contributed by atoms with Crippen LogP contribution in [0.25, 0.3) is 10.8 Å². The number of nitrogens with zero attached hydrogens (tertiary/aromatic N) is 1. The number of phenols is 1. The summed E-state index contributed by atoms with van der Waals surface area (Å²) in [4.78, 5) is 24.9. The van der Waals surface area contributed by atoms with Gasteiger partial charge in [-0.05, 0) is 12.5 Å². The molecule has 3 rings (SSSR count). The molecule has 1 aliphatic rings. The number of thiol groups is 1. The molecule has 2 atom stereocenters. The Kier molecular flexibility index (Phi) is 6.77. The second kappa shape index (κ2) is 9.16. The Morgan fingerprint density at radius 1 is 1.32 bits per heavy atom. The van der Waals surface area contributed by atoms with Crippen LogP contribution in [0.15, 0.2) is 47.9 Å². The Balaban J connectivity index is 1.90. The number of aromatic carboxylic acids is 1. The number of fused-ring (bicyclic) bond motifs is 1. The van der Waals surface area contributed by atoms with Crippen LogP contribution < -0.4 is 4.72 Å². The minimum absolute atomic E-state index is 0.0302. The Hall–Kier alpha value is -2.76. The number of hydrogen-bond donors (Lipinski definition) is 4. The number of amides is 1. The number of carbonyl (C=O) groups excluding carboxylic acids is 1. The number of carboxylic acid groups (broad SMARTS) is 1. The molecule has 2 aromatic carbocycles. The molecule has 1 amide bonds. The van der Waals surface area contributed by atoms with Crippen molar-refractivity contribution in [2.75, 3.05) is 19.7 Å². The van der Waals surface area contributed by atoms with Gasteiger partial charge in [0.15, 0.2) is 0 Å². The third-order valence-corrected chi connectivity index (χ3v) is 6.80. The summed E-state index contributed by atoms with van der Waals surface area (Å²) in [6.07, 6.45) is 1.29. The number of benzene rings is 2. The molecular formula is C20H22N2O7S2. The summed E-state index contributed by atoms with van der Waals surface area (Å²) < 4.78 is 33.6. The van der Waals surface area contributed by atoms with Crippen molar-refractivity contribution in [3.8, 4) is 5.75 Å². The van der Waals surface area contributed by atoms with Crippen molar-refractivity contribution in [3.05, 3.63) is 48.6 Å². The molecule has 1 saturated heterocycles. The van der Waals surface area contributed by atoms with E-state index in [1.807, 2.05) is 0 Å². The van der Waals surface area contributed by atoms with Gasteiger partial charge in [0, 0.05) is 35.2 Å². The number of carbonyl (C=O) groups is 2. The van der Waals surface area contributed by atoms with Crippen LogP contribution in [0.3, 0.4) is 0 Å². The van der Waals surface area contributed by atoms with Gasteiger partial charge in [-0.15, -0.1) is 0 Å². The lowest BCUT2D eigenvalue weighted by molar-refractivity contribution is 0.0693. The lowest BCUT2D eigenvalue weighted by atomic mass is 10.1. The normalized spacial score (nSPS) is 18.8. The third kappa shape index (κ3) is 4.78. The molecule has 31 heavy (non-hydrogen) atoms. The standard InChI is InChI=1S/C20H22N2O7S2/c1-2-7-29-20(26)22-11-13(30)8-12(22)10-21-31(27,28)17-9-16(19(24)25)18(23)15-6-4-3-5-14(15)17/h2-6,9,12-13,21,23,30H,1,7-8,10-11H2,(H,24,25)/t12-,13-/m0/s1. The lowest BCUT2D eigenvalue weighted by Crippen LogP contribution is -2.43. The highest BCUT2D eigenvalue weighted by molar-refractivity contribution is 7.89. The summed E-state index contributed by atoms with van der Waals surface area (Å²) in [5.41, 5.74) is -0.523. The van der Waals surface area contributed by atoms with Crippen molar-refractivity contribution < 1.29 is 33.0 Å². The van der Waals surface area contributed by atoms with E-state index in [0.29, 0.717) is 13.0 Å². The van der Waals surface area contributed by atoms with Gasteiger partial charge in [0.1, 0.15) is 17.9 Å². The first-order chi connectivity index (χ1) is 14.7. The van der Waals surface area contributed by atoms with Gasteiger partial charge in [0.25, 0.3) is 0 Å². The third-order valence-electron chi connectivity index (χ3n) is 4.96. The van der Waals surface area contributed by atoms with Gasteiger partial charge in [0.05, 0.1) is 4.90 Å². The van der Waals surface area contributed by atoms with Crippen molar-refractivity contribution in [1.82, 2.24) is 9.62 Å². The number of nitrogens with one attached hydrogen (secondary N) is 1. The van der Waals surface area contributed by atoms with Gasteiger partial charge in [-0.2, -0.15) is 12.6 Å². The molecule has 3 N–H and O–H groups in total. The summed E-state index contributed by atoms with van der Waals surface area (Å²) in [6.45, 7) is 3.71. The summed E-state index contributed by atoms with van der Waals surface area (Å²) >= 11 is 4.39. The van der Waals surface area contributed by atoms with Gasteiger partial charge in [-0.25, -0.2) is 22.7 Å². The van der Waals surface area contributed by atoms with Crippen LogP contribution in [-0.2, 0) is 14.8 Å². The molecule has 0 saturated carbocycles. The van der Waals surface area contributed by atoms with E-state index in [2.05, 4.69) is 23.9 Å². The molecule has 0 unspecified atom stereocenters. The number of carboxylic acids is 1. The van der Waals surface area contributed by atoms with E-state index in [1.165, 1.54) is 23.1 Å². The first-order valence-corrected chi connectivity index (χ1v) is 11.4. The average Bonchev–Trinajstić information content (AvgIpc) is 3.11. The van der Waals surface area contributed by atoms with Crippen LogP contribution in [0.2, 0.25) is 0 Å². The number of aromatic hydroxyl groups is 1. The second-order valence-corrected chi connectivity index (χ2v) is 9.50. The molecule has 1 heterocycles. The number of rotatable bonds is 7. The second-order valence-electron chi connectivity index (χ2n) is 7.03. The minimum Gasteiger partial charge on any atom is -0.506 e. The predicted octanol–water partition coefficient (Wildman–Crippen LogP) is 2.22. The Morgan fingerprint density at radius 3 is 2.65 bits per heavy atom. The number of hydrogen-bond acceptors (Lipinski definition) is 7. The SMILES string of the molecule is C=CCOC(=O)N1C[C@@H](S)C[C@H]1CNS(=O)(=O)c1cc(C(=O)O)c(O)c2ccccc12. The molecule has 9 nitrogen and oxygen atoms in total. The van der Waals surface area contributed by atoms with E-state index in [-0.39, 0.29) is 34.1 Å². The van der Waals surface area contributed by atoms with Crippen molar-refractivity contribution in [2.45, 2.75) is 22.6 Å². The number of sulfonamides is 1. The molecule has 2 aromatic rings. The Labute approximate surface area is 184 Å². The van der Waals surface area contributed by atoms with Crippen LogP contribution in [0.1, 0.15) is 16.8 Å². The van der Waals surface area contributed by atoms with E-state index in [0.717, 1.165) is 6.07 Å². The first-order valence-electron chi connectivity index (χ1n) is 9.35. The van der Waals surface area contributed by atoms with E-state index >= 15 is 0 Å². The minimum atomic E-state index is -4.18. The molecule has 0 radical (unpaired) electrons. The molecule has 166 valence electrons. The van der Waals surface area contributed by atoms with E-state index < -0.39 is 39.4 Å². The topological polar surface area (TPSA) is 133 Å². The summed E-state index contributed by atoms with van der Waals surface area (Å²) in [5.74, 6) is -1.96. The van der Waals surface area contributed by atoms with Gasteiger partial charge in [0.2, 0.25) is 10.0 Å². The van der Waals surface area contributed by atoms with Crippen LogP contribution in [0.4, 0.5) is 4.79 Å². The van der Waals surface area contributed by atoms with Crippen LogP contribution in [0.5, 0.6) is 5.75 Å². The van der Waals surface area contributed by atoms with Gasteiger partial charge < -0.3 is 19.8 Å². The fourth-order valence-electron chi connectivity index (χ4n) is 3.52. The monoisotopic (exact) mass is 466 g/mol. The highest BCUT2D eigenvalue weighted by Gasteiger charge is 2.35. The molecule has 1 aliphatic heterocycles. The average molecular weight is 467 g/mol. The summed E-state index contributed by atoms with van der Waals surface area (Å²) in [7, 11) is -4.18. The molecule has 1 fully saturated rings. The van der Waals surface area contributed by atoms with E-state index in [4.69, 9.17) is 4.74 Å². The first kappa shape index (κ1) is 22.9. The lowest BCUT2D eigenvalue weighted by Gasteiger charge is -2.24. The maximum Gasteiger partial charge on any atom is 0.410 e. The van der Waals surface area contributed by atoms with Crippen LogP contribution >= 0.6 is 12.6 Å². The summed E-state index contributed by atoms with van der Waals surface area (Å²) in [5, 5.41) is 19.7. The number of likely N-dealkylation sites (tertiary alicyclic amines) is 1. The summed E-state index contributed by atoms with van der Waals surface area (Å²) in [6, 6.07) is 6.51. The Morgan fingerprint density at radius 2 is 2.00 bits per heavy atom. The maximum absolute atomic E-state index is 13.1. The molecule has 0 aromatic heterocycles. The molecule has 0 bridgehead atoms. The van der Waals surface area contributed by atoms with E-state index in [9.17, 15) is 28.2 Å². The zero-order valence-electron chi connectivity index (χ0n) is 16.4. The van der Waals surface area contributed by atoms with Crippen LogP contribution in [-0.4, -0.2) is 66.6 Å². The largest absolute Gasteiger partial charge is 0.506 e. The zero-order chi connectivity index (χ0) is 22.8. The fraction of sp³-hybridized carbons (Fsp3) is 0.300. The van der Waals surface area contributed by atoms with Crippen LogP contribution in [0, 0.1) is 0 Å². The molecule has 0 spiro atoms. The fourth-order valence-corrected chi connectivity index (χ4v) is 5.25.